The van der Waals surface area contributed by atoms with Gasteiger partial charge in [0.05, 0.1) is 26.9 Å². The van der Waals surface area contributed by atoms with Gasteiger partial charge in [-0.1, -0.05) is 6.07 Å². The van der Waals surface area contributed by atoms with Gasteiger partial charge in [0, 0.05) is 14.1 Å². The lowest BCUT2D eigenvalue weighted by Gasteiger charge is -2.15. The second-order valence-electron chi connectivity index (χ2n) is 7.79. The average Bonchev–Trinajstić information content (AvgIpc) is 3.33. The lowest BCUT2D eigenvalue weighted by atomic mass is 9.99. The summed E-state index contributed by atoms with van der Waals surface area (Å²) in [6.45, 7) is 7.43. The summed E-state index contributed by atoms with van der Waals surface area (Å²) in [7, 11) is 3.40. The number of amides is 3. The quantitative estimate of drug-likeness (QED) is 0.517. The fourth-order valence-electron chi connectivity index (χ4n) is 3.19. The van der Waals surface area contributed by atoms with Gasteiger partial charge < -0.3 is 0 Å². The number of anilines is 1. The van der Waals surface area contributed by atoms with E-state index < -0.39 is 11.8 Å². The van der Waals surface area contributed by atoms with Gasteiger partial charge in [0.15, 0.2) is 0 Å². The first kappa shape index (κ1) is 23.3. The van der Waals surface area contributed by atoms with Crippen molar-refractivity contribution in [1.29, 1.82) is 0 Å². The Morgan fingerprint density at radius 2 is 1.72 bits per heavy atom. The van der Waals surface area contributed by atoms with E-state index in [0.717, 1.165) is 22.5 Å². The summed E-state index contributed by atoms with van der Waals surface area (Å²) < 4.78 is 0. The Hall–Kier alpha value is -3.37. The Bertz CT molecular complexity index is 1130. The van der Waals surface area contributed by atoms with Gasteiger partial charge in [0.2, 0.25) is 0 Å². The molecule has 0 aliphatic carbocycles. The van der Waals surface area contributed by atoms with Gasteiger partial charge in [-0.3, -0.25) is 19.8 Å². The molecule has 1 aromatic heterocycles. The van der Waals surface area contributed by atoms with Crippen LogP contribution >= 0.6 is 11.3 Å². The fraction of sp³-hybridized carbons (Fsp3) is 0.318. The number of aryl methyl sites for hydroxylation is 2. The molecule has 1 aliphatic heterocycles. The third kappa shape index (κ3) is 4.92. The number of thiophene rings is 1. The van der Waals surface area contributed by atoms with Crippen molar-refractivity contribution < 1.29 is 14.4 Å². The van der Waals surface area contributed by atoms with Crippen LogP contribution in [0, 0.1) is 19.8 Å². The van der Waals surface area contributed by atoms with Crippen LogP contribution < -0.4 is 15.9 Å². The number of carbonyl (C=O) groups excluding carboxylic acids is 3. The first-order valence-corrected chi connectivity index (χ1v) is 10.8. The van der Waals surface area contributed by atoms with E-state index >= 15 is 0 Å². The number of benzene rings is 1. The summed E-state index contributed by atoms with van der Waals surface area (Å²) >= 11 is 1.06. The molecule has 0 fully saturated rings. The van der Waals surface area contributed by atoms with Crippen molar-refractivity contribution in [2.24, 2.45) is 16.1 Å². The molecule has 168 valence electrons. The molecule has 2 N–H and O–H groups in total. The lowest BCUT2D eigenvalue weighted by Crippen LogP contribution is -2.35. The van der Waals surface area contributed by atoms with Gasteiger partial charge in [-0.15, -0.1) is 11.3 Å². The molecular formula is C22H26N6O3S. The van der Waals surface area contributed by atoms with Crippen LogP contribution in [0.2, 0.25) is 0 Å². The number of hydrazone groups is 2. The van der Waals surface area contributed by atoms with E-state index in [4.69, 9.17) is 0 Å². The van der Waals surface area contributed by atoms with Gasteiger partial charge in [-0.05, 0) is 63.1 Å². The van der Waals surface area contributed by atoms with Crippen LogP contribution in [-0.4, -0.2) is 48.2 Å². The van der Waals surface area contributed by atoms with Crippen LogP contribution in [-0.2, 0) is 4.79 Å². The van der Waals surface area contributed by atoms with E-state index in [1.807, 2.05) is 32.0 Å². The second-order valence-corrected chi connectivity index (χ2v) is 8.87. The molecule has 2 heterocycles. The Morgan fingerprint density at radius 1 is 1.06 bits per heavy atom. The Labute approximate surface area is 190 Å². The average molecular weight is 455 g/mol. The zero-order valence-corrected chi connectivity index (χ0v) is 19.7. The molecule has 3 amide bonds. The van der Waals surface area contributed by atoms with Gasteiger partial charge in [-0.2, -0.15) is 15.2 Å². The summed E-state index contributed by atoms with van der Waals surface area (Å²) in [6.07, 6.45) is 0. The Kier molecular flexibility index (Phi) is 6.85. The highest BCUT2D eigenvalue weighted by atomic mass is 32.1. The van der Waals surface area contributed by atoms with E-state index in [1.54, 1.807) is 40.1 Å². The van der Waals surface area contributed by atoms with Crippen molar-refractivity contribution in [3.05, 3.63) is 51.2 Å². The molecule has 1 unspecified atom stereocenters. The van der Waals surface area contributed by atoms with E-state index in [2.05, 4.69) is 21.1 Å². The molecule has 1 aliphatic rings. The van der Waals surface area contributed by atoms with Crippen molar-refractivity contribution in [2.45, 2.75) is 27.7 Å². The number of hydrogen-bond acceptors (Lipinski definition) is 7. The smallest absolute Gasteiger partial charge is 0.281 e. The molecule has 0 bridgehead atoms. The molecule has 0 saturated carbocycles. The van der Waals surface area contributed by atoms with Crippen LogP contribution in [0.25, 0.3) is 0 Å². The number of nitrogens with one attached hydrogen (secondary N) is 2. The van der Waals surface area contributed by atoms with E-state index in [1.165, 1.54) is 10.0 Å². The zero-order valence-electron chi connectivity index (χ0n) is 18.9. The molecule has 0 saturated heterocycles. The number of hydrogen-bond donors (Lipinski definition) is 2. The highest BCUT2D eigenvalue weighted by Gasteiger charge is 2.36. The van der Waals surface area contributed by atoms with E-state index in [9.17, 15) is 14.4 Å². The molecule has 3 rings (SSSR count). The van der Waals surface area contributed by atoms with Crippen molar-refractivity contribution >= 4 is 46.2 Å². The maximum Gasteiger partial charge on any atom is 0.281 e. The van der Waals surface area contributed by atoms with Gasteiger partial charge in [0.1, 0.15) is 5.92 Å². The number of rotatable bonds is 6. The maximum atomic E-state index is 13.0. The largest absolute Gasteiger partial charge is 0.285 e. The molecule has 1 aromatic carbocycles. The predicted octanol–water partition coefficient (Wildman–Crippen LogP) is 2.72. The van der Waals surface area contributed by atoms with Crippen LogP contribution in [0.1, 0.15) is 44.3 Å². The van der Waals surface area contributed by atoms with Crippen LogP contribution in [0.15, 0.2) is 40.5 Å². The van der Waals surface area contributed by atoms with Gasteiger partial charge >= 0.3 is 0 Å². The molecule has 32 heavy (non-hydrogen) atoms. The van der Waals surface area contributed by atoms with E-state index in [0.29, 0.717) is 26.9 Å². The van der Waals surface area contributed by atoms with Crippen LogP contribution in [0.4, 0.5) is 5.69 Å². The van der Waals surface area contributed by atoms with Crippen LogP contribution in [0.5, 0.6) is 0 Å². The molecule has 0 spiro atoms. The molecule has 1 atom stereocenters. The van der Waals surface area contributed by atoms with E-state index in [-0.39, 0.29) is 11.8 Å². The maximum absolute atomic E-state index is 13.0. The first-order valence-electron chi connectivity index (χ1n) is 9.97. The minimum atomic E-state index is -0.651. The third-order valence-electron chi connectivity index (χ3n) is 5.00. The zero-order chi connectivity index (χ0) is 23.6. The Balaban J connectivity index is 1.69. The summed E-state index contributed by atoms with van der Waals surface area (Å²) in [4.78, 5) is 38.2. The molecular weight excluding hydrogens is 428 g/mol. The number of hydrazine groups is 1. The van der Waals surface area contributed by atoms with Crippen molar-refractivity contribution in [1.82, 2.24) is 15.9 Å². The monoisotopic (exact) mass is 454 g/mol. The topological polar surface area (TPSA) is 106 Å². The highest BCUT2D eigenvalue weighted by Crippen LogP contribution is 2.26. The minimum absolute atomic E-state index is 0.222. The SMILES string of the molecule is CC1=NN(c2ccc(C)c(C)c2)C(=O)C1/C(C)=N/NC(=O)c1ccc(C(=O)NN(C)C)s1. The predicted molar refractivity (Wildman–Crippen MR) is 126 cm³/mol. The van der Waals surface area contributed by atoms with Crippen molar-refractivity contribution in [3.8, 4) is 0 Å². The second kappa shape index (κ2) is 9.41. The molecule has 10 heteroatoms. The lowest BCUT2D eigenvalue weighted by molar-refractivity contribution is -0.118. The molecule has 2 aromatic rings. The normalized spacial score (nSPS) is 16.4. The fourth-order valence-corrected chi connectivity index (χ4v) is 3.97. The van der Waals surface area contributed by atoms with Crippen LogP contribution in [0.3, 0.4) is 0 Å². The molecule has 0 radical (unpaired) electrons. The van der Waals surface area contributed by atoms with Crippen molar-refractivity contribution in [3.63, 3.8) is 0 Å². The standard InChI is InChI=1S/C22H26N6O3S/c1-12-7-8-16(11-13(12)2)28-22(31)19(15(4)25-28)14(3)23-24-20(29)17-9-10-18(32-17)21(30)26-27(5)6/h7-11,19H,1-6H3,(H,24,29)(H,26,30)/b23-14+. The van der Waals surface area contributed by atoms with Crippen molar-refractivity contribution in [2.75, 3.05) is 19.1 Å². The van der Waals surface area contributed by atoms with Gasteiger partial charge in [-0.25, -0.2) is 10.4 Å². The first-order chi connectivity index (χ1) is 15.1. The summed E-state index contributed by atoms with van der Waals surface area (Å²) in [6, 6.07) is 8.86. The third-order valence-corrected chi connectivity index (χ3v) is 6.08. The minimum Gasteiger partial charge on any atom is -0.285 e. The number of carbonyl (C=O) groups is 3. The number of nitrogens with zero attached hydrogens (tertiary/aromatic N) is 4. The summed E-state index contributed by atoms with van der Waals surface area (Å²) in [5.41, 5.74) is 9.02. The highest BCUT2D eigenvalue weighted by molar-refractivity contribution is 7.15. The summed E-state index contributed by atoms with van der Waals surface area (Å²) in [5.74, 6) is -1.63. The summed E-state index contributed by atoms with van der Waals surface area (Å²) in [5, 5.41) is 11.4. The van der Waals surface area contributed by atoms with Gasteiger partial charge in [0.25, 0.3) is 17.7 Å². The Morgan fingerprint density at radius 3 is 2.34 bits per heavy atom. The molecule has 9 nitrogen and oxygen atoms in total.